The Hall–Kier alpha value is -1.26. The van der Waals surface area contributed by atoms with E-state index >= 15 is 0 Å². The van der Waals surface area contributed by atoms with Crippen LogP contribution in [0.5, 0.6) is 11.5 Å². The van der Waals surface area contributed by atoms with Crippen LogP contribution in [0.2, 0.25) is 0 Å². The van der Waals surface area contributed by atoms with Crippen LogP contribution in [0.15, 0.2) is 18.2 Å². The third-order valence-corrected chi connectivity index (χ3v) is 3.42. The zero-order valence-electron chi connectivity index (χ0n) is 10.1. The number of hydrogen-bond donors (Lipinski definition) is 1. The number of benzene rings is 1. The van der Waals surface area contributed by atoms with Crippen molar-refractivity contribution < 1.29 is 9.47 Å². The summed E-state index contributed by atoms with van der Waals surface area (Å²) in [6, 6.07) is 6.76. The van der Waals surface area contributed by atoms with E-state index < -0.39 is 0 Å². The molecule has 1 fully saturated rings. The molecule has 2 aliphatic heterocycles. The molecule has 0 radical (unpaired) electrons. The highest BCUT2D eigenvalue weighted by atomic mass is 16.7. The standard InChI is InChI=1S/C13H18N2O2/c1-15-5-4-11(8-15)14-7-10-2-3-12-13(6-10)17-9-16-12/h2-3,6,11,14H,4-5,7-9H2,1H3. The molecule has 4 heteroatoms. The van der Waals surface area contributed by atoms with Crippen molar-refractivity contribution in [1.29, 1.82) is 0 Å². The summed E-state index contributed by atoms with van der Waals surface area (Å²) in [4.78, 5) is 2.36. The van der Waals surface area contributed by atoms with Gasteiger partial charge >= 0.3 is 0 Å². The minimum absolute atomic E-state index is 0.347. The smallest absolute Gasteiger partial charge is 0.231 e. The van der Waals surface area contributed by atoms with Crippen LogP contribution >= 0.6 is 0 Å². The molecule has 0 bridgehead atoms. The molecule has 3 rings (SSSR count). The Bertz CT molecular complexity index is 408. The van der Waals surface area contributed by atoms with Gasteiger partial charge in [0.15, 0.2) is 11.5 Å². The summed E-state index contributed by atoms with van der Waals surface area (Å²) in [5.41, 5.74) is 1.25. The van der Waals surface area contributed by atoms with Gasteiger partial charge in [-0.1, -0.05) is 6.07 Å². The van der Waals surface area contributed by atoms with Crippen LogP contribution < -0.4 is 14.8 Å². The SMILES string of the molecule is CN1CCC(NCc2ccc3c(c2)OCO3)C1. The monoisotopic (exact) mass is 234 g/mol. The lowest BCUT2D eigenvalue weighted by Gasteiger charge is -2.12. The average Bonchev–Trinajstić information content (AvgIpc) is 2.94. The van der Waals surface area contributed by atoms with Crippen molar-refractivity contribution in [2.45, 2.75) is 19.0 Å². The third-order valence-electron chi connectivity index (χ3n) is 3.42. The van der Waals surface area contributed by atoms with Gasteiger partial charge in [-0.2, -0.15) is 0 Å². The molecule has 92 valence electrons. The number of nitrogens with one attached hydrogen (secondary N) is 1. The second-order valence-electron chi connectivity index (χ2n) is 4.82. The minimum Gasteiger partial charge on any atom is -0.454 e. The molecule has 1 aromatic rings. The van der Waals surface area contributed by atoms with Gasteiger partial charge in [0.05, 0.1) is 0 Å². The van der Waals surface area contributed by atoms with Gasteiger partial charge < -0.3 is 19.7 Å². The fraction of sp³-hybridized carbons (Fsp3) is 0.538. The average molecular weight is 234 g/mol. The van der Waals surface area contributed by atoms with Gasteiger partial charge in [-0.15, -0.1) is 0 Å². The molecule has 1 atom stereocenters. The fourth-order valence-electron chi connectivity index (χ4n) is 2.41. The highest BCUT2D eigenvalue weighted by Crippen LogP contribution is 2.32. The first-order valence-electron chi connectivity index (χ1n) is 6.12. The maximum atomic E-state index is 5.37. The van der Waals surface area contributed by atoms with E-state index in [1.54, 1.807) is 0 Å². The van der Waals surface area contributed by atoms with Gasteiger partial charge in [0.1, 0.15) is 0 Å². The molecular weight excluding hydrogens is 216 g/mol. The third kappa shape index (κ3) is 2.37. The van der Waals surface area contributed by atoms with Crippen molar-refractivity contribution in [3.8, 4) is 11.5 Å². The van der Waals surface area contributed by atoms with Crippen molar-refractivity contribution in [1.82, 2.24) is 10.2 Å². The zero-order chi connectivity index (χ0) is 11.7. The van der Waals surface area contributed by atoms with Crippen molar-refractivity contribution in [2.75, 3.05) is 26.9 Å². The lowest BCUT2D eigenvalue weighted by Crippen LogP contribution is -2.30. The predicted octanol–water partition coefficient (Wildman–Crippen LogP) is 1.21. The Morgan fingerprint density at radius 2 is 2.24 bits per heavy atom. The zero-order valence-corrected chi connectivity index (χ0v) is 10.1. The molecule has 2 heterocycles. The van der Waals surface area contributed by atoms with Gasteiger partial charge in [0, 0.05) is 19.1 Å². The Labute approximate surface area is 102 Å². The summed E-state index contributed by atoms with van der Waals surface area (Å²) in [5.74, 6) is 1.72. The number of fused-ring (bicyclic) bond motifs is 1. The topological polar surface area (TPSA) is 33.7 Å². The molecule has 0 amide bonds. The maximum absolute atomic E-state index is 5.37. The molecule has 1 saturated heterocycles. The summed E-state index contributed by atoms with van der Waals surface area (Å²) in [6.45, 7) is 3.58. The highest BCUT2D eigenvalue weighted by molar-refractivity contribution is 5.44. The molecule has 0 spiro atoms. The van der Waals surface area contributed by atoms with Crippen molar-refractivity contribution in [2.24, 2.45) is 0 Å². The van der Waals surface area contributed by atoms with Crippen molar-refractivity contribution in [3.63, 3.8) is 0 Å². The van der Waals surface area contributed by atoms with Crippen LogP contribution in [-0.2, 0) is 6.54 Å². The number of rotatable bonds is 3. The number of ether oxygens (including phenoxy) is 2. The van der Waals surface area contributed by atoms with E-state index in [1.807, 2.05) is 6.07 Å². The number of nitrogens with zero attached hydrogens (tertiary/aromatic N) is 1. The van der Waals surface area contributed by atoms with Crippen molar-refractivity contribution in [3.05, 3.63) is 23.8 Å². The quantitative estimate of drug-likeness (QED) is 0.852. The molecule has 0 saturated carbocycles. The van der Waals surface area contributed by atoms with E-state index in [0.717, 1.165) is 24.6 Å². The van der Waals surface area contributed by atoms with Crippen LogP contribution in [0.1, 0.15) is 12.0 Å². The lowest BCUT2D eigenvalue weighted by atomic mass is 10.2. The number of hydrogen-bond acceptors (Lipinski definition) is 4. The Kier molecular flexibility index (Phi) is 2.91. The molecule has 1 aromatic carbocycles. The van der Waals surface area contributed by atoms with E-state index in [2.05, 4.69) is 29.4 Å². The number of likely N-dealkylation sites (N-methyl/N-ethyl adjacent to an activating group) is 1. The van der Waals surface area contributed by atoms with E-state index in [-0.39, 0.29) is 0 Å². The molecule has 1 N–H and O–H groups in total. The molecular formula is C13H18N2O2. The molecule has 17 heavy (non-hydrogen) atoms. The first-order chi connectivity index (χ1) is 8.31. The molecule has 1 unspecified atom stereocenters. The fourth-order valence-corrected chi connectivity index (χ4v) is 2.41. The van der Waals surface area contributed by atoms with Crippen LogP contribution in [0.3, 0.4) is 0 Å². The van der Waals surface area contributed by atoms with Gasteiger partial charge in [-0.3, -0.25) is 0 Å². The first-order valence-corrected chi connectivity index (χ1v) is 6.12. The summed E-state index contributed by atoms with van der Waals surface area (Å²) in [5, 5.41) is 3.58. The molecule has 4 nitrogen and oxygen atoms in total. The largest absolute Gasteiger partial charge is 0.454 e. The Morgan fingerprint density at radius 1 is 1.35 bits per heavy atom. The van der Waals surface area contributed by atoms with E-state index in [1.165, 1.54) is 18.5 Å². The van der Waals surface area contributed by atoms with Crippen LogP contribution in [0.25, 0.3) is 0 Å². The summed E-state index contributed by atoms with van der Waals surface area (Å²) in [7, 11) is 2.17. The Morgan fingerprint density at radius 3 is 3.06 bits per heavy atom. The molecule has 2 aliphatic rings. The molecule has 0 aromatic heterocycles. The summed E-state index contributed by atoms with van der Waals surface area (Å²) < 4.78 is 10.7. The van der Waals surface area contributed by atoms with E-state index in [9.17, 15) is 0 Å². The molecule has 0 aliphatic carbocycles. The maximum Gasteiger partial charge on any atom is 0.231 e. The lowest BCUT2D eigenvalue weighted by molar-refractivity contribution is 0.174. The van der Waals surface area contributed by atoms with Crippen LogP contribution in [0.4, 0.5) is 0 Å². The summed E-state index contributed by atoms with van der Waals surface area (Å²) in [6.07, 6.45) is 1.24. The number of likely N-dealkylation sites (tertiary alicyclic amines) is 1. The second-order valence-corrected chi connectivity index (χ2v) is 4.82. The van der Waals surface area contributed by atoms with Crippen LogP contribution in [0, 0.1) is 0 Å². The summed E-state index contributed by atoms with van der Waals surface area (Å²) >= 11 is 0. The van der Waals surface area contributed by atoms with Gasteiger partial charge in [-0.05, 0) is 37.7 Å². The van der Waals surface area contributed by atoms with Gasteiger partial charge in [-0.25, -0.2) is 0 Å². The second kappa shape index (κ2) is 4.55. The predicted molar refractivity (Wildman–Crippen MR) is 65.3 cm³/mol. The van der Waals surface area contributed by atoms with Gasteiger partial charge in [0.2, 0.25) is 6.79 Å². The van der Waals surface area contributed by atoms with Crippen LogP contribution in [-0.4, -0.2) is 37.9 Å². The normalized spacial score (nSPS) is 23.2. The van der Waals surface area contributed by atoms with E-state index in [0.29, 0.717) is 12.8 Å². The minimum atomic E-state index is 0.347. The van der Waals surface area contributed by atoms with Gasteiger partial charge in [0.25, 0.3) is 0 Å². The highest BCUT2D eigenvalue weighted by Gasteiger charge is 2.19. The Balaban J connectivity index is 1.58. The van der Waals surface area contributed by atoms with Crippen molar-refractivity contribution >= 4 is 0 Å². The first kappa shape index (κ1) is 10.9. The van der Waals surface area contributed by atoms with E-state index in [4.69, 9.17) is 9.47 Å².